The number of amides is 2. The number of rotatable bonds is 6. The number of halogens is 2. The Hall–Kier alpha value is -3.40. The van der Waals surface area contributed by atoms with Gasteiger partial charge in [-0.1, -0.05) is 30.3 Å². The quantitative estimate of drug-likeness (QED) is 0.283. The van der Waals surface area contributed by atoms with Crippen molar-refractivity contribution in [2.75, 3.05) is 12.1 Å². The first-order chi connectivity index (χ1) is 15.5. The molecule has 1 heterocycles. The van der Waals surface area contributed by atoms with Gasteiger partial charge >= 0.3 is 0 Å². The topological polar surface area (TPSA) is 67.9 Å². The fraction of sp³-hybridized carbons (Fsp3) is 0.0833. The maximum Gasteiger partial charge on any atom is 0.282 e. The third-order valence-corrected chi connectivity index (χ3v) is 5.57. The molecule has 3 aromatic rings. The molecule has 0 aliphatic carbocycles. The number of carbonyl (C=O) groups excluding carboxylic acids is 2. The molecule has 32 heavy (non-hydrogen) atoms. The van der Waals surface area contributed by atoms with Gasteiger partial charge in [0.15, 0.2) is 11.5 Å². The van der Waals surface area contributed by atoms with Gasteiger partial charge in [-0.2, -0.15) is 0 Å². The van der Waals surface area contributed by atoms with Gasteiger partial charge in [0.05, 0.1) is 16.4 Å². The normalized spacial score (nSPS) is 14.6. The highest BCUT2D eigenvalue weighted by atomic mass is 127. The van der Waals surface area contributed by atoms with Gasteiger partial charge in [-0.15, -0.1) is 0 Å². The zero-order valence-corrected chi connectivity index (χ0v) is 19.1. The molecule has 0 atom stereocenters. The van der Waals surface area contributed by atoms with Gasteiger partial charge in [0, 0.05) is 0 Å². The van der Waals surface area contributed by atoms with Crippen LogP contribution in [0.1, 0.15) is 11.1 Å². The lowest BCUT2D eigenvalue weighted by Crippen LogP contribution is -2.35. The molecule has 0 spiro atoms. The first kappa shape index (κ1) is 21.8. The molecule has 0 unspecified atom stereocenters. The monoisotopic (exact) mass is 544 g/mol. The largest absolute Gasteiger partial charge is 0.493 e. The molecule has 162 valence electrons. The minimum Gasteiger partial charge on any atom is -0.493 e. The van der Waals surface area contributed by atoms with Crippen molar-refractivity contribution in [1.29, 1.82) is 0 Å². The molecule has 1 saturated heterocycles. The third-order valence-electron chi connectivity index (χ3n) is 4.77. The number of anilines is 1. The lowest BCUT2D eigenvalue weighted by atomic mass is 10.1. The number of methoxy groups -OCH3 is 1. The summed E-state index contributed by atoms with van der Waals surface area (Å²) < 4.78 is 25.2. The van der Waals surface area contributed by atoms with Crippen LogP contribution in [0.3, 0.4) is 0 Å². The lowest BCUT2D eigenvalue weighted by molar-refractivity contribution is -0.117. The molecule has 3 aromatic carbocycles. The molecule has 6 nitrogen and oxygen atoms in total. The van der Waals surface area contributed by atoms with E-state index in [1.54, 1.807) is 48.5 Å². The molecule has 0 aromatic heterocycles. The number of hydrazine groups is 1. The summed E-state index contributed by atoms with van der Waals surface area (Å²) in [5.41, 5.74) is 4.60. The SMILES string of the molecule is COc1cc(/C=C2/C(=O)NN(c3ccccc3)C2=O)cc(I)c1OCc1ccc(F)cc1. The molecule has 0 bridgehead atoms. The first-order valence-corrected chi connectivity index (χ1v) is 10.7. The highest BCUT2D eigenvalue weighted by molar-refractivity contribution is 14.1. The Labute approximate surface area is 197 Å². The van der Waals surface area contributed by atoms with Crippen molar-refractivity contribution >= 4 is 46.2 Å². The van der Waals surface area contributed by atoms with Crippen LogP contribution >= 0.6 is 22.6 Å². The summed E-state index contributed by atoms with van der Waals surface area (Å²) in [6.45, 7) is 0.236. The van der Waals surface area contributed by atoms with Gasteiger partial charge in [0.1, 0.15) is 18.0 Å². The van der Waals surface area contributed by atoms with E-state index in [-0.39, 0.29) is 18.0 Å². The second-order valence-electron chi connectivity index (χ2n) is 6.92. The molecular weight excluding hydrogens is 526 g/mol. The molecule has 8 heteroatoms. The Kier molecular flexibility index (Phi) is 6.40. The highest BCUT2D eigenvalue weighted by Gasteiger charge is 2.34. The zero-order chi connectivity index (χ0) is 22.7. The predicted molar refractivity (Wildman–Crippen MR) is 126 cm³/mol. The van der Waals surface area contributed by atoms with E-state index in [0.717, 1.165) is 9.13 Å². The van der Waals surface area contributed by atoms with Crippen LogP contribution in [-0.4, -0.2) is 18.9 Å². The summed E-state index contributed by atoms with van der Waals surface area (Å²) >= 11 is 2.10. The van der Waals surface area contributed by atoms with E-state index in [1.165, 1.54) is 30.3 Å². The van der Waals surface area contributed by atoms with E-state index >= 15 is 0 Å². The number of hydrogen-bond acceptors (Lipinski definition) is 4. The Balaban J connectivity index is 1.58. The van der Waals surface area contributed by atoms with E-state index in [1.807, 2.05) is 6.07 Å². The van der Waals surface area contributed by atoms with Crippen LogP contribution in [-0.2, 0) is 16.2 Å². The number of ether oxygens (including phenoxy) is 2. The molecule has 1 aliphatic rings. The number of para-hydroxylation sites is 1. The van der Waals surface area contributed by atoms with E-state index in [0.29, 0.717) is 22.7 Å². The maximum absolute atomic E-state index is 13.1. The van der Waals surface area contributed by atoms with Gasteiger partial charge in [-0.3, -0.25) is 15.0 Å². The third kappa shape index (κ3) is 4.59. The zero-order valence-electron chi connectivity index (χ0n) is 17.0. The molecule has 0 saturated carbocycles. The van der Waals surface area contributed by atoms with E-state index in [9.17, 15) is 14.0 Å². The lowest BCUT2D eigenvalue weighted by Gasteiger charge is -2.14. The van der Waals surface area contributed by atoms with Crippen LogP contribution in [0.4, 0.5) is 10.1 Å². The second kappa shape index (κ2) is 9.39. The Morgan fingerprint density at radius 3 is 2.47 bits per heavy atom. The number of nitrogens with one attached hydrogen (secondary N) is 1. The van der Waals surface area contributed by atoms with Gasteiger partial charge in [-0.25, -0.2) is 9.40 Å². The van der Waals surface area contributed by atoms with Crippen molar-refractivity contribution in [1.82, 2.24) is 5.43 Å². The van der Waals surface area contributed by atoms with Crippen molar-refractivity contribution in [3.05, 3.63) is 92.8 Å². The summed E-state index contributed by atoms with van der Waals surface area (Å²) in [6, 6.07) is 18.4. The predicted octanol–water partition coefficient (Wildman–Crippen LogP) is 4.48. The van der Waals surface area contributed by atoms with Crippen LogP contribution in [0.2, 0.25) is 0 Å². The van der Waals surface area contributed by atoms with E-state index in [4.69, 9.17) is 9.47 Å². The summed E-state index contributed by atoms with van der Waals surface area (Å²) in [5, 5.41) is 1.22. The summed E-state index contributed by atoms with van der Waals surface area (Å²) in [4.78, 5) is 25.2. The van der Waals surface area contributed by atoms with Crippen LogP contribution in [0, 0.1) is 9.39 Å². The molecule has 1 N–H and O–H groups in total. The Bertz CT molecular complexity index is 1200. The highest BCUT2D eigenvalue weighted by Crippen LogP contribution is 2.35. The molecule has 4 rings (SSSR count). The van der Waals surface area contributed by atoms with Crippen molar-refractivity contribution < 1.29 is 23.5 Å². The average molecular weight is 544 g/mol. The van der Waals surface area contributed by atoms with Crippen LogP contribution in [0.15, 0.2) is 72.3 Å². The summed E-state index contributed by atoms with van der Waals surface area (Å²) in [5.74, 6) is -0.254. The fourth-order valence-corrected chi connectivity index (χ4v) is 3.96. The smallest absolute Gasteiger partial charge is 0.282 e. The molecule has 1 fully saturated rings. The van der Waals surface area contributed by atoms with Gasteiger partial charge in [-0.05, 0) is 76.2 Å². The minimum atomic E-state index is -0.482. The average Bonchev–Trinajstić information content (AvgIpc) is 3.08. The van der Waals surface area contributed by atoms with Crippen LogP contribution in [0.5, 0.6) is 11.5 Å². The molecule has 1 aliphatic heterocycles. The summed E-state index contributed by atoms with van der Waals surface area (Å²) in [7, 11) is 1.51. The van der Waals surface area contributed by atoms with Crippen molar-refractivity contribution in [3.63, 3.8) is 0 Å². The van der Waals surface area contributed by atoms with Crippen molar-refractivity contribution in [2.45, 2.75) is 6.61 Å². The number of benzene rings is 3. The molecule has 2 amide bonds. The second-order valence-corrected chi connectivity index (χ2v) is 8.09. The molecular formula is C24H18FIN2O4. The minimum absolute atomic E-state index is 0.0201. The summed E-state index contributed by atoms with van der Waals surface area (Å²) in [6.07, 6.45) is 1.52. The number of carbonyl (C=O) groups is 2. The first-order valence-electron chi connectivity index (χ1n) is 9.63. The number of nitrogens with zero attached hydrogens (tertiary/aromatic N) is 1. The standard InChI is InChI=1S/C24H18FIN2O4/c1-31-21-13-16(12-20(26)22(21)32-14-15-7-9-17(25)10-8-15)11-19-23(29)27-28(24(19)30)18-5-3-2-4-6-18/h2-13H,14H2,1H3,(H,27,29)/b19-11-. The van der Waals surface area contributed by atoms with Crippen LogP contribution < -0.4 is 19.9 Å². The number of hydrogen-bond donors (Lipinski definition) is 1. The van der Waals surface area contributed by atoms with E-state index < -0.39 is 11.8 Å². The Morgan fingerprint density at radius 2 is 1.78 bits per heavy atom. The Morgan fingerprint density at radius 1 is 1.06 bits per heavy atom. The van der Waals surface area contributed by atoms with Crippen molar-refractivity contribution in [2.24, 2.45) is 0 Å². The van der Waals surface area contributed by atoms with Gasteiger partial charge in [0.2, 0.25) is 0 Å². The van der Waals surface area contributed by atoms with Gasteiger partial charge in [0.25, 0.3) is 11.8 Å². The molecule has 0 radical (unpaired) electrons. The van der Waals surface area contributed by atoms with Crippen molar-refractivity contribution in [3.8, 4) is 11.5 Å². The van der Waals surface area contributed by atoms with E-state index in [2.05, 4.69) is 28.0 Å². The maximum atomic E-state index is 13.1. The van der Waals surface area contributed by atoms with Crippen LogP contribution in [0.25, 0.3) is 6.08 Å². The van der Waals surface area contributed by atoms with Gasteiger partial charge < -0.3 is 9.47 Å². The fourth-order valence-electron chi connectivity index (χ4n) is 3.18.